The third-order valence-electron chi connectivity index (χ3n) is 2.98. The van der Waals surface area contributed by atoms with Crippen molar-refractivity contribution in [3.05, 3.63) is 0 Å². The first-order valence-electron chi connectivity index (χ1n) is 5.81. The van der Waals surface area contributed by atoms with E-state index in [1.54, 1.807) is 14.0 Å². The third kappa shape index (κ3) is 3.72. The van der Waals surface area contributed by atoms with Gasteiger partial charge in [-0.2, -0.15) is 0 Å². The van der Waals surface area contributed by atoms with E-state index in [2.05, 4.69) is 15.6 Å². The molecule has 0 aromatic heterocycles. The molecule has 0 saturated carbocycles. The predicted molar refractivity (Wildman–Crippen MR) is 65.4 cm³/mol. The molecule has 1 unspecified atom stereocenters. The van der Waals surface area contributed by atoms with Crippen molar-refractivity contribution in [1.82, 2.24) is 15.5 Å². The summed E-state index contributed by atoms with van der Waals surface area (Å²) in [4.78, 5) is 17.3. The first-order valence-corrected chi connectivity index (χ1v) is 5.81. The van der Waals surface area contributed by atoms with E-state index in [1.807, 2.05) is 11.9 Å². The second-order valence-corrected chi connectivity index (χ2v) is 4.18. The second-order valence-electron chi connectivity index (χ2n) is 4.18. The molecule has 0 aromatic carbocycles. The minimum absolute atomic E-state index is 0.183. The molecule has 0 spiro atoms. The summed E-state index contributed by atoms with van der Waals surface area (Å²) in [5.74, 6) is 1.52. The number of guanidine groups is 1. The zero-order valence-electron chi connectivity index (χ0n) is 10.4. The number of nitrogens with zero attached hydrogens (tertiary/aromatic N) is 2. The molecule has 1 heterocycles. The molecule has 5 nitrogen and oxygen atoms in total. The van der Waals surface area contributed by atoms with Crippen LogP contribution in [-0.4, -0.2) is 50.5 Å². The molecule has 2 N–H and O–H groups in total. The van der Waals surface area contributed by atoms with Crippen molar-refractivity contribution in [1.29, 1.82) is 0 Å². The lowest BCUT2D eigenvalue weighted by Crippen LogP contribution is -2.44. The van der Waals surface area contributed by atoms with Crippen LogP contribution in [0.15, 0.2) is 4.99 Å². The summed E-state index contributed by atoms with van der Waals surface area (Å²) in [6.45, 7) is 4.29. The second kappa shape index (κ2) is 6.35. The van der Waals surface area contributed by atoms with Gasteiger partial charge in [0.25, 0.3) is 0 Å². The molecule has 0 aliphatic carbocycles. The largest absolute Gasteiger partial charge is 0.359 e. The van der Waals surface area contributed by atoms with Gasteiger partial charge in [0.2, 0.25) is 5.91 Å². The number of hydrogen-bond donors (Lipinski definition) is 2. The standard InChI is InChI=1S/C11H22N4O/c1-9(16)15-6-4-5-10(8-15)7-14-11(12-2)13-3/h10H,4-8H2,1-3H3,(H2,12,13,14). The average molecular weight is 226 g/mol. The fourth-order valence-electron chi connectivity index (χ4n) is 2.04. The van der Waals surface area contributed by atoms with Crippen LogP contribution in [-0.2, 0) is 4.79 Å². The van der Waals surface area contributed by atoms with Gasteiger partial charge in [0, 0.05) is 40.7 Å². The first kappa shape index (κ1) is 12.8. The Morgan fingerprint density at radius 1 is 1.56 bits per heavy atom. The molecule has 1 rings (SSSR count). The van der Waals surface area contributed by atoms with Crippen LogP contribution in [0, 0.1) is 5.92 Å². The van der Waals surface area contributed by atoms with Crippen molar-refractivity contribution in [3.63, 3.8) is 0 Å². The summed E-state index contributed by atoms with van der Waals surface area (Å²) in [7, 11) is 3.60. The average Bonchev–Trinajstić information content (AvgIpc) is 2.31. The third-order valence-corrected chi connectivity index (χ3v) is 2.98. The van der Waals surface area contributed by atoms with Gasteiger partial charge in [-0.1, -0.05) is 0 Å². The summed E-state index contributed by atoms with van der Waals surface area (Å²) < 4.78 is 0. The van der Waals surface area contributed by atoms with E-state index >= 15 is 0 Å². The monoisotopic (exact) mass is 226 g/mol. The number of rotatable bonds is 2. The van der Waals surface area contributed by atoms with Crippen molar-refractivity contribution in [2.24, 2.45) is 10.9 Å². The molecule has 16 heavy (non-hydrogen) atoms. The topological polar surface area (TPSA) is 56.7 Å². The predicted octanol–water partition coefficient (Wildman–Crippen LogP) is 0.0397. The Hall–Kier alpha value is -1.26. The summed E-state index contributed by atoms with van der Waals surface area (Å²) in [5, 5.41) is 6.23. The zero-order valence-corrected chi connectivity index (χ0v) is 10.4. The number of hydrogen-bond acceptors (Lipinski definition) is 2. The fraction of sp³-hybridized carbons (Fsp3) is 0.818. The Labute approximate surface area is 97.3 Å². The Morgan fingerprint density at radius 3 is 2.88 bits per heavy atom. The maximum atomic E-state index is 11.3. The van der Waals surface area contributed by atoms with Gasteiger partial charge in [0.05, 0.1) is 0 Å². The van der Waals surface area contributed by atoms with Gasteiger partial charge in [0.15, 0.2) is 5.96 Å². The van der Waals surface area contributed by atoms with E-state index in [0.717, 1.165) is 32.0 Å². The molecule has 0 radical (unpaired) electrons. The highest BCUT2D eigenvalue weighted by atomic mass is 16.2. The van der Waals surface area contributed by atoms with Gasteiger partial charge in [-0.15, -0.1) is 0 Å². The lowest BCUT2D eigenvalue weighted by Gasteiger charge is -2.32. The van der Waals surface area contributed by atoms with E-state index in [9.17, 15) is 4.79 Å². The Kier molecular flexibility index (Phi) is 5.08. The van der Waals surface area contributed by atoms with Crippen molar-refractivity contribution in [2.75, 3.05) is 33.7 Å². The Balaban J connectivity index is 2.34. The highest BCUT2D eigenvalue weighted by Gasteiger charge is 2.21. The van der Waals surface area contributed by atoms with Crippen molar-refractivity contribution < 1.29 is 4.79 Å². The van der Waals surface area contributed by atoms with Gasteiger partial charge in [0.1, 0.15) is 0 Å². The highest BCUT2D eigenvalue weighted by molar-refractivity contribution is 5.79. The van der Waals surface area contributed by atoms with Crippen LogP contribution in [0.2, 0.25) is 0 Å². The van der Waals surface area contributed by atoms with Crippen LogP contribution < -0.4 is 10.6 Å². The maximum absolute atomic E-state index is 11.3. The molecule has 5 heteroatoms. The van der Waals surface area contributed by atoms with Crippen LogP contribution in [0.4, 0.5) is 0 Å². The maximum Gasteiger partial charge on any atom is 0.219 e. The fourth-order valence-corrected chi connectivity index (χ4v) is 2.04. The van der Waals surface area contributed by atoms with Gasteiger partial charge in [-0.3, -0.25) is 9.79 Å². The number of aliphatic imine (C=N–C) groups is 1. The van der Waals surface area contributed by atoms with E-state index in [1.165, 1.54) is 6.42 Å². The van der Waals surface area contributed by atoms with E-state index in [4.69, 9.17) is 0 Å². The number of nitrogens with one attached hydrogen (secondary N) is 2. The number of amides is 1. The molecule has 0 bridgehead atoms. The van der Waals surface area contributed by atoms with Crippen molar-refractivity contribution in [2.45, 2.75) is 19.8 Å². The van der Waals surface area contributed by atoms with Gasteiger partial charge >= 0.3 is 0 Å². The Bertz CT molecular complexity index is 265. The molecule has 92 valence electrons. The van der Waals surface area contributed by atoms with Gasteiger partial charge in [-0.25, -0.2) is 0 Å². The zero-order chi connectivity index (χ0) is 12.0. The lowest BCUT2D eigenvalue weighted by atomic mass is 9.98. The van der Waals surface area contributed by atoms with E-state index < -0.39 is 0 Å². The number of piperidine rings is 1. The van der Waals surface area contributed by atoms with Crippen LogP contribution >= 0.6 is 0 Å². The minimum atomic E-state index is 0.183. The molecule has 1 atom stereocenters. The first-order chi connectivity index (χ1) is 7.67. The van der Waals surface area contributed by atoms with Crippen molar-refractivity contribution in [3.8, 4) is 0 Å². The smallest absolute Gasteiger partial charge is 0.219 e. The highest BCUT2D eigenvalue weighted by Crippen LogP contribution is 2.15. The summed E-state index contributed by atoms with van der Waals surface area (Å²) >= 11 is 0. The molecular formula is C11H22N4O. The van der Waals surface area contributed by atoms with E-state index in [0.29, 0.717) is 5.92 Å². The normalized spacial score (nSPS) is 21.8. The quantitative estimate of drug-likeness (QED) is 0.516. The molecule has 1 aliphatic heterocycles. The number of carbonyl (C=O) groups is 1. The SMILES string of the molecule is CN=C(NC)NCC1CCCN(C(C)=O)C1. The van der Waals surface area contributed by atoms with Crippen LogP contribution in [0.1, 0.15) is 19.8 Å². The lowest BCUT2D eigenvalue weighted by molar-refractivity contribution is -0.130. The summed E-state index contributed by atoms with van der Waals surface area (Å²) in [6.07, 6.45) is 2.28. The van der Waals surface area contributed by atoms with Gasteiger partial charge < -0.3 is 15.5 Å². The van der Waals surface area contributed by atoms with Crippen molar-refractivity contribution >= 4 is 11.9 Å². The summed E-state index contributed by atoms with van der Waals surface area (Å²) in [6, 6.07) is 0. The van der Waals surface area contributed by atoms with Gasteiger partial charge in [-0.05, 0) is 18.8 Å². The molecule has 1 fully saturated rings. The van der Waals surface area contributed by atoms with E-state index in [-0.39, 0.29) is 5.91 Å². The number of likely N-dealkylation sites (tertiary alicyclic amines) is 1. The van der Waals surface area contributed by atoms with Crippen LogP contribution in [0.25, 0.3) is 0 Å². The van der Waals surface area contributed by atoms with Crippen LogP contribution in [0.3, 0.4) is 0 Å². The minimum Gasteiger partial charge on any atom is -0.359 e. The van der Waals surface area contributed by atoms with Crippen LogP contribution in [0.5, 0.6) is 0 Å². The molecule has 0 aromatic rings. The number of carbonyl (C=O) groups excluding carboxylic acids is 1. The molecule has 1 amide bonds. The Morgan fingerprint density at radius 2 is 2.31 bits per heavy atom. The molecule has 1 aliphatic rings. The molecule has 1 saturated heterocycles. The molecular weight excluding hydrogens is 204 g/mol. The summed E-state index contributed by atoms with van der Waals surface area (Å²) in [5.41, 5.74) is 0.